The maximum atomic E-state index is 12.5. The van der Waals surface area contributed by atoms with Crippen molar-refractivity contribution in [2.75, 3.05) is 19.1 Å². The average Bonchev–Trinajstić information content (AvgIpc) is 3.01. The van der Waals surface area contributed by atoms with Gasteiger partial charge in [0, 0.05) is 11.9 Å². The molecule has 0 aliphatic rings. The molecule has 110 valence electrons. The molecule has 1 amide bonds. The molecule has 1 aromatic carbocycles. The number of hydrogen-bond acceptors (Lipinski definition) is 4. The lowest BCUT2D eigenvalue weighted by molar-refractivity contribution is 0.0601. The Bertz CT molecular complexity index is 663. The monoisotopic (exact) mass is 303 g/mol. The SMILES string of the molecule is CCc1ccc(C(=O)N(C)c2ccccc2C(=O)OC)s1. The van der Waals surface area contributed by atoms with Crippen LogP contribution in [0.2, 0.25) is 0 Å². The fourth-order valence-electron chi connectivity index (χ4n) is 2.01. The Hall–Kier alpha value is -2.14. The highest BCUT2D eigenvalue weighted by atomic mass is 32.1. The molecule has 2 rings (SSSR count). The van der Waals surface area contributed by atoms with Gasteiger partial charge < -0.3 is 9.64 Å². The van der Waals surface area contributed by atoms with E-state index in [9.17, 15) is 9.59 Å². The van der Waals surface area contributed by atoms with Crippen molar-refractivity contribution < 1.29 is 14.3 Å². The van der Waals surface area contributed by atoms with Gasteiger partial charge in [-0.1, -0.05) is 19.1 Å². The highest BCUT2D eigenvalue weighted by molar-refractivity contribution is 7.14. The Morgan fingerprint density at radius 2 is 1.90 bits per heavy atom. The fourth-order valence-corrected chi connectivity index (χ4v) is 2.93. The van der Waals surface area contributed by atoms with Crippen molar-refractivity contribution in [1.82, 2.24) is 0 Å². The summed E-state index contributed by atoms with van der Waals surface area (Å²) in [6.45, 7) is 2.05. The van der Waals surface area contributed by atoms with Crippen molar-refractivity contribution in [3.8, 4) is 0 Å². The van der Waals surface area contributed by atoms with Crippen molar-refractivity contribution >= 4 is 28.9 Å². The summed E-state index contributed by atoms with van der Waals surface area (Å²) in [5.41, 5.74) is 0.920. The van der Waals surface area contributed by atoms with Gasteiger partial charge in [-0.2, -0.15) is 0 Å². The lowest BCUT2D eigenvalue weighted by Crippen LogP contribution is -2.27. The van der Waals surface area contributed by atoms with E-state index in [1.165, 1.54) is 23.3 Å². The summed E-state index contributed by atoms with van der Waals surface area (Å²) in [4.78, 5) is 27.6. The molecule has 0 saturated heterocycles. The molecule has 0 fully saturated rings. The fraction of sp³-hybridized carbons (Fsp3) is 0.250. The van der Waals surface area contributed by atoms with Crippen molar-refractivity contribution in [3.63, 3.8) is 0 Å². The zero-order valence-corrected chi connectivity index (χ0v) is 13.1. The maximum absolute atomic E-state index is 12.5. The summed E-state index contributed by atoms with van der Waals surface area (Å²) in [6, 6.07) is 10.7. The summed E-state index contributed by atoms with van der Waals surface area (Å²) in [5, 5.41) is 0. The van der Waals surface area contributed by atoms with Crippen molar-refractivity contribution in [3.05, 3.63) is 51.7 Å². The van der Waals surface area contributed by atoms with Crippen LogP contribution >= 0.6 is 11.3 Å². The molecule has 21 heavy (non-hydrogen) atoms. The second-order valence-electron chi connectivity index (χ2n) is 4.49. The Kier molecular flexibility index (Phi) is 4.75. The number of para-hydroxylation sites is 1. The van der Waals surface area contributed by atoms with Crippen LogP contribution in [0.1, 0.15) is 31.8 Å². The lowest BCUT2D eigenvalue weighted by Gasteiger charge is -2.19. The highest BCUT2D eigenvalue weighted by Gasteiger charge is 2.20. The predicted molar refractivity (Wildman–Crippen MR) is 84.2 cm³/mol. The van der Waals surface area contributed by atoms with E-state index in [1.807, 2.05) is 12.1 Å². The summed E-state index contributed by atoms with van der Waals surface area (Å²) in [6.07, 6.45) is 0.903. The molecular weight excluding hydrogens is 286 g/mol. The van der Waals surface area contributed by atoms with Gasteiger partial charge in [0.05, 0.1) is 23.2 Å². The molecular formula is C16H17NO3S. The van der Waals surface area contributed by atoms with E-state index in [0.717, 1.165) is 11.3 Å². The molecule has 4 nitrogen and oxygen atoms in total. The van der Waals surface area contributed by atoms with Crippen LogP contribution in [0.5, 0.6) is 0 Å². The predicted octanol–water partition coefficient (Wildman–Crippen LogP) is 3.37. The first-order chi connectivity index (χ1) is 10.1. The molecule has 0 unspecified atom stereocenters. The zero-order valence-electron chi connectivity index (χ0n) is 12.3. The van der Waals surface area contributed by atoms with Gasteiger partial charge in [0.2, 0.25) is 0 Å². The number of esters is 1. The van der Waals surface area contributed by atoms with Gasteiger partial charge in [-0.15, -0.1) is 11.3 Å². The number of anilines is 1. The molecule has 1 heterocycles. The molecule has 1 aromatic heterocycles. The number of aryl methyl sites for hydroxylation is 1. The van der Waals surface area contributed by atoms with Crippen LogP contribution in [-0.2, 0) is 11.2 Å². The number of ether oxygens (including phenoxy) is 1. The molecule has 5 heteroatoms. The number of rotatable bonds is 4. The van der Waals surface area contributed by atoms with Crippen LogP contribution in [0.3, 0.4) is 0 Å². The van der Waals surface area contributed by atoms with Crippen LogP contribution in [0.25, 0.3) is 0 Å². The second-order valence-corrected chi connectivity index (χ2v) is 5.66. The molecule has 0 N–H and O–H groups in total. The first-order valence-electron chi connectivity index (χ1n) is 6.62. The van der Waals surface area contributed by atoms with Crippen LogP contribution in [-0.4, -0.2) is 26.0 Å². The minimum absolute atomic E-state index is 0.129. The third kappa shape index (κ3) is 3.13. The first kappa shape index (κ1) is 15.3. The minimum Gasteiger partial charge on any atom is -0.465 e. The molecule has 0 bridgehead atoms. The molecule has 0 spiro atoms. The van der Waals surface area contributed by atoms with Crippen molar-refractivity contribution in [1.29, 1.82) is 0 Å². The smallest absolute Gasteiger partial charge is 0.339 e. The Morgan fingerprint density at radius 1 is 1.19 bits per heavy atom. The van der Waals surface area contributed by atoms with Gasteiger partial charge in [0.15, 0.2) is 0 Å². The summed E-state index contributed by atoms with van der Waals surface area (Å²) in [5.74, 6) is -0.582. The topological polar surface area (TPSA) is 46.6 Å². The van der Waals surface area contributed by atoms with Gasteiger partial charge in [-0.05, 0) is 30.7 Å². The molecule has 2 aromatic rings. The average molecular weight is 303 g/mol. The van der Waals surface area contributed by atoms with Gasteiger partial charge >= 0.3 is 5.97 Å². The van der Waals surface area contributed by atoms with E-state index >= 15 is 0 Å². The van der Waals surface area contributed by atoms with Crippen LogP contribution in [0.4, 0.5) is 5.69 Å². The van der Waals surface area contributed by atoms with Crippen molar-refractivity contribution in [2.24, 2.45) is 0 Å². The number of benzene rings is 1. The third-order valence-electron chi connectivity index (χ3n) is 3.20. The van der Waals surface area contributed by atoms with E-state index in [-0.39, 0.29) is 5.91 Å². The Balaban J connectivity index is 2.33. The molecule has 0 radical (unpaired) electrons. The lowest BCUT2D eigenvalue weighted by atomic mass is 10.1. The minimum atomic E-state index is -0.453. The van der Waals surface area contributed by atoms with Gasteiger partial charge in [-0.3, -0.25) is 4.79 Å². The molecule has 0 aliphatic heterocycles. The Labute approximate surface area is 128 Å². The standard InChI is InChI=1S/C16H17NO3S/c1-4-11-9-10-14(21-11)15(18)17(2)13-8-6-5-7-12(13)16(19)20-3/h5-10H,4H2,1-3H3. The van der Waals surface area contributed by atoms with E-state index in [1.54, 1.807) is 31.3 Å². The number of methoxy groups -OCH3 is 1. The van der Waals surface area contributed by atoms with E-state index < -0.39 is 5.97 Å². The van der Waals surface area contributed by atoms with Crippen LogP contribution in [0.15, 0.2) is 36.4 Å². The van der Waals surface area contributed by atoms with Crippen molar-refractivity contribution in [2.45, 2.75) is 13.3 Å². The highest BCUT2D eigenvalue weighted by Crippen LogP contribution is 2.24. The summed E-state index contributed by atoms with van der Waals surface area (Å²) >= 11 is 1.48. The number of amides is 1. The van der Waals surface area contributed by atoms with Gasteiger partial charge in [0.1, 0.15) is 0 Å². The van der Waals surface area contributed by atoms with Gasteiger partial charge in [-0.25, -0.2) is 4.79 Å². The molecule has 0 saturated carbocycles. The van der Waals surface area contributed by atoms with Gasteiger partial charge in [0.25, 0.3) is 5.91 Å². The quantitative estimate of drug-likeness (QED) is 0.814. The van der Waals surface area contributed by atoms with E-state index in [4.69, 9.17) is 4.74 Å². The normalized spacial score (nSPS) is 10.2. The number of nitrogens with zero attached hydrogens (tertiary/aromatic N) is 1. The zero-order chi connectivity index (χ0) is 15.4. The third-order valence-corrected chi connectivity index (χ3v) is 4.41. The second kappa shape index (κ2) is 6.54. The first-order valence-corrected chi connectivity index (χ1v) is 7.44. The number of carbonyl (C=O) groups is 2. The van der Waals surface area contributed by atoms with Crippen LogP contribution < -0.4 is 4.90 Å². The number of thiophene rings is 1. The number of hydrogen-bond donors (Lipinski definition) is 0. The van der Waals surface area contributed by atoms with Crippen LogP contribution in [0, 0.1) is 0 Å². The Morgan fingerprint density at radius 3 is 2.52 bits per heavy atom. The molecule has 0 aliphatic carbocycles. The largest absolute Gasteiger partial charge is 0.465 e. The molecule has 0 atom stereocenters. The maximum Gasteiger partial charge on any atom is 0.339 e. The summed E-state index contributed by atoms with van der Waals surface area (Å²) in [7, 11) is 2.99. The summed E-state index contributed by atoms with van der Waals surface area (Å²) < 4.78 is 4.76. The number of carbonyl (C=O) groups excluding carboxylic acids is 2. The van der Waals surface area contributed by atoms with E-state index in [2.05, 4.69) is 6.92 Å². The van der Waals surface area contributed by atoms with E-state index in [0.29, 0.717) is 16.1 Å².